The summed E-state index contributed by atoms with van der Waals surface area (Å²) in [6.07, 6.45) is 0. The molecule has 3 heterocycles. The number of hydrogen-bond acceptors (Lipinski definition) is 6. The molecule has 0 saturated carbocycles. The summed E-state index contributed by atoms with van der Waals surface area (Å²) in [6.45, 7) is 0. The van der Waals surface area contributed by atoms with Gasteiger partial charge in [-0.25, -0.2) is 0 Å². The third kappa shape index (κ3) is 2.62. The van der Waals surface area contributed by atoms with Crippen LogP contribution in [0, 0.1) is 0 Å². The minimum absolute atomic E-state index is 0.384. The first kappa shape index (κ1) is 13.7. The summed E-state index contributed by atoms with van der Waals surface area (Å²) in [4.78, 5) is 5.51. The van der Waals surface area contributed by atoms with E-state index in [1.807, 2.05) is 47.8 Å². The Kier molecular flexibility index (Phi) is 3.39. The van der Waals surface area contributed by atoms with Crippen molar-refractivity contribution in [3.05, 3.63) is 47.8 Å². The van der Waals surface area contributed by atoms with E-state index in [0.29, 0.717) is 17.4 Å². The molecule has 0 aliphatic heterocycles. The fourth-order valence-corrected chi connectivity index (χ4v) is 2.87. The third-order valence-corrected chi connectivity index (χ3v) is 4.26. The Balaban J connectivity index is 1.62. The fraction of sp³-hybridized carbons (Fsp3) is 0.0625. The Hall–Kier alpha value is -2.93. The topological polar surface area (TPSA) is 76.8 Å². The molecule has 3 aromatic heterocycles. The second-order valence-corrected chi connectivity index (χ2v) is 5.74. The molecule has 1 aromatic carbocycles. The van der Waals surface area contributed by atoms with Crippen molar-refractivity contribution in [3.63, 3.8) is 0 Å². The predicted molar refractivity (Wildman–Crippen MR) is 87.2 cm³/mol. The van der Waals surface area contributed by atoms with Crippen molar-refractivity contribution in [3.8, 4) is 39.3 Å². The van der Waals surface area contributed by atoms with E-state index >= 15 is 0 Å². The van der Waals surface area contributed by atoms with Gasteiger partial charge in [-0.15, -0.1) is 11.3 Å². The maximum absolute atomic E-state index is 5.32. The number of methoxy groups -OCH3 is 1. The summed E-state index contributed by atoms with van der Waals surface area (Å²) in [5, 5.41) is 13.3. The van der Waals surface area contributed by atoms with Crippen LogP contribution in [0.25, 0.3) is 33.5 Å². The van der Waals surface area contributed by atoms with Crippen LogP contribution in [0.5, 0.6) is 5.75 Å². The highest BCUT2D eigenvalue weighted by atomic mass is 32.1. The SMILES string of the molecule is COc1ccc(-c2noc(-c3cc(-c4cccs4)[nH]n3)n2)cc1. The first-order chi connectivity index (χ1) is 11.3. The normalized spacial score (nSPS) is 10.8. The van der Waals surface area contributed by atoms with Crippen LogP contribution in [0.1, 0.15) is 0 Å². The van der Waals surface area contributed by atoms with Crippen LogP contribution in [0.2, 0.25) is 0 Å². The van der Waals surface area contributed by atoms with Crippen LogP contribution < -0.4 is 4.74 Å². The second kappa shape index (κ2) is 5.69. The highest BCUT2D eigenvalue weighted by molar-refractivity contribution is 7.13. The van der Waals surface area contributed by atoms with Crippen LogP contribution in [0.15, 0.2) is 52.4 Å². The molecule has 23 heavy (non-hydrogen) atoms. The standard InChI is InChI=1S/C16H12N4O2S/c1-21-11-6-4-10(5-7-11)15-17-16(22-20-15)13-9-12(18-19-13)14-3-2-8-23-14/h2-9H,1H3,(H,18,19). The van der Waals surface area contributed by atoms with Crippen molar-refractivity contribution >= 4 is 11.3 Å². The fourth-order valence-electron chi connectivity index (χ4n) is 2.17. The van der Waals surface area contributed by atoms with Gasteiger partial charge in [0.2, 0.25) is 5.82 Å². The molecule has 0 aliphatic carbocycles. The number of rotatable bonds is 4. The van der Waals surface area contributed by atoms with Gasteiger partial charge in [0.1, 0.15) is 5.75 Å². The van der Waals surface area contributed by atoms with Gasteiger partial charge in [-0.1, -0.05) is 11.2 Å². The van der Waals surface area contributed by atoms with Gasteiger partial charge in [0, 0.05) is 5.56 Å². The molecule has 0 radical (unpaired) electrons. The lowest BCUT2D eigenvalue weighted by Crippen LogP contribution is -1.84. The van der Waals surface area contributed by atoms with E-state index < -0.39 is 0 Å². The summed E-state index contributed by atoms with van der Waals surface area (Å²) in [6, 6.07) is 13.4. The molecule has 4 aromatic rings. The molecule has 7 heteroatoms. The lowest BCUT2D eigenvalue weighted by Gasteiger charge is -1.98. The van der Waals surface area contributed by atoms with E-state index in [9.17, 15) is 0 Å². The number of thiophene rings is 1. The van der Waals surface area contributed by atoms with Crippen LogP contribution in [-0.4, -0.2) is 27.4 Å². The number of nitrogens with one attached hydrogen (secondary N) is 1. The van der Waals surface area contributed by atoms with Gasteiger partial charge in [0.15, 0.2) is 5.69 Å². The van der Waals surface area contributed by atoms with Crippen molar-refractivity contribution in [2.45, 2.75) is 0 Å². The molecule has 0 fully saturated rings. The monoisotopic (exact) mass is 324 g/mol. The maximum atomic E-state index is 5.32. The largest absolute Gasteiger partial charge is 0.497 e. The first-order valence-corrected chi connectivity index (χ1v) is 7.79. The molecule has 0 bridgehead atoms. The molecule has 0 amide bonds. The summed E-state index contributed by atoms with van der Waals surface area (Å²) in [7, 11) is 1.63. The molecule has 1 N–H and O–H groups in total. The highest BCUT2D eigenvalue weighted by Crippen LogP contribution is 2.27. The lowest BCUT2D eigenvalue weighted by atomic mass is 10.2. The van der Waals surface area contributed by atoms with Crippen molar-refractivity contribution in [1.29, 1.82) is 0 Å². The van der Waals surface area contributed by atoms with Crippen LogP contribution in [0.4, 0.5) is 0 Å². The number of hydrogen-bond donors (Lipinski definition) is 1. The molecule has 6 nitrogen and oxygen atoms in total. The Morgan fingerprint density at radius 1 is 1.17 bits per heavy atom. The number of nitrogens with zero attached hydrogens (tertiary/aromatic N) is 3. The smallest absolute Gasteiger partial charge is 0.278 e. The van der Waals surface area contributed by atoms with Gasteiger partial charge in [-0.05, 0) is 41.8 Å². The van der Waals surface area contributed by atoms with Crippen molar-refractivity contribution in [2.24, 2.45) is 0 Å². The van der Waals surface area contributed by atoms with E-state index in [-0.39, 0.29) is 0 Å². The maximum Gasteiger partial charge on any atom is 0.278 e. The van der Waals surface area contributed by atoms with Crippen LogP contribution >= 0.6 is 11.3 Å². The second-order valence-electron chi connectivity index (χ2n) is 4.80. The van der Waals surface area contributed by atoms with Gasteiger partial charge >= 0.3 is 0 Å². The van der Waals surface area contributed by atoms with Crippen LogP contribution in [-0.2, 0) is 0 Å². The Morgan fingerprint density at radius 3 is 2.78 bits per heavy atom. The molecule has 0 unspecified atom stereocenters. The number of ether oxygens (including phenoxy) is 1. The Morgan fingerprint density at radius 2 is 2.04 bits per heavy atom. The molecule has 0 atom stereocenters. The molecule has 0 aliphatic rings. The van der Waals surface area contributed by atoms with E-state index in [1.54, 1.807) is 18.4 Å². The van der Waals surface area contributed by atoms with Crippen LogP contribution in [0.3, 0.4) is 0 Å². The molecule has 0 saturated heterocycles. The van der Waals surface area contributed by atoms with E-state index in [4.69, 9.17) is 9.26 Å². The summed E-state index contributed by atoms with van der Waals surface area (Å²) in [5.41, 5.74) is 2.41. The number of H-pyrrole nitrogens is 1. The number of aromatic amines is 1. The molecular formula is C16H12N4O2S. The third-order valence-electron chi connectivity index (χ3n) is 3.36. The molecule has 4 rings (SSSR count). The minimum atomic E-state index is 0.384. The van der Waals surface area contributed by atoms with Gasteiger partial charge in [0.25, 0.3) is 5.89 Å². The quantitative estimate of drug-likeness (QED) is 0.617. The summed E-state index contributed by atoms with van der Waals surface area (Å²) in [5.74, 6) is 1.68. The molecule has 0 spiro atoms. The lowest BCUT2D eigenvalue weighted by molar-refractivity contribution is 0.414. The van der Waals surface area contributed by atoms with Gasteiger partial charge in [0.05, 0.1) is 17.7 Å². The van der Waals surface area contributed by atoms with Crippen molar-refractivity contribution < 1.29 is 9.26 Å². The van der Waals surface area contributed by atoms with Gasteiger partial charge < -0.3 is 9.26 Å². The summed E-state index contributed by atoms with van der Waals surface area (Å²) >= 11 is 1.64. The minimum Gasteiger partial charge on any atom is -0.497 e. The Bertz CT molecular complexity index is 910. The van der Waals surface area contributed by atoms with Gasteiger partial charge in [-0.2, -0.15) is 10.1 Å². The average molecular weight is 324 g/mol. The van der Waals surface area contributed by atoms with Crippen molar-refractivity contribution in [2.75, 3.05) is 7.11 Å². The zero-order valence-corrected chi connectivity index (χ0v) is 13.0. The van der Waals surface area contributed by atoms with E-state index in [0.717, 1.165) is 21.9 Å². The van der Waals surface area contributed by atoms with E-state index in [1.165, 1.54) is 0 Å². The number of aromatic nitrogens is 4. The zero-order valence-electron chi connectivity index (χ0n) is 12.2. The molecular weight excluding hydrogens is 312 g/mol. The molecule has 114 valence electrons. The zero-order chi connectivity index (χ0) is 15.6. The van der Waals surface area contributed by atoms with Gasteiger partial charge in [-0.3, -0.25) is 5.10 Å². The number of benzene rings is 1. The van der Waals surface area contributed by atoms with E-state index in [2.05, 4.69) is 20.3 Å². The van der Waals surface area contributed by atoms with Crippen molar-refractivity contribution in [1.82, 2.24) is 20.3 Å². The highest BCUT2D eigenvalue weighted by Gasteiger charge is 2.14. The average Bonchev–Trinajstić information content (AvgIpc) is 3.34. The first-order valence-electron chi connectivity index (χ1n) is 6.91. The Labute approximate surface area is 135 Å². The predicted octanol–water partition coefficient (Wildman–Crippen LogP) is 3.86. The summed E-state index contributed by atoms with van der Waals surface area (Å²) < 4.78 is 10.5.